The van der Waals surface area contributed by atoms with E-state index in [4.69, 9.17) is 4.74 Å². The number of ether oxygens (including phenoxy) is 1. The molecule has 2 aromatic rings. The first kappa shape index (κ1) is 16.2. The van der Waals surface area contributed by atoms with Crippen molar-refractivity contribution in [2.24, 2.45) is 0 Å². The highest BCUT2D eigenvalue weighted by Gasteiger charge is 2.25. The lowest BCUT2D eigenvalue weighted by atomic mass is 10.1. The Kier molecular flexibility index (Phi) is 4.88. The van der Waals surface area contributed by atoms with Crippen LogP contribution >= 0.6 is 0 Å². The predicted molar refractivity (Wildman–Crippen MR) is 90.3 cm³/mol. The van der Waals surface area contributed by atoms with E-state index in [-0.39, 0.29) is 5.91 Å². The second kappa shape index (κ2) is 7.25. The van der Waals surface area contributed by atoms with Crippen molar-refractivity contribution in [2.75, 3.05) is 38.2 Å². The minimum atomic E-state index is -0.00124. The Morgan fingerprint density at radius 3 is 2.67 bits per heavy atom. The standard InChI is InChI=1S/C17H21N5O2/c1-3-13-5-4-7-18-15(13)16(23)21-9-11-22(12-10-21)17-19-8-6-14(20-17)24-2/h4-8H,3,9-12H2,1-2H3. The van der Waals surface area contributed by atoms with E-state index >= 15 is 0 Å². The quantitative estimate of drug-likeness (QED) is 0.845. The third kappa shape index (κ3) is 3.29. The van der Waals surface area contributed by atoms with E-state index in [9.17, 15) is 4.79 Å². The zero-order chi connectivity index (χ0) is 16.9. The number of carbonyl (C=O) groups excluding carboxylic acids is 1. The fourth-order valence-corrected chi connectivity index (χ4v) is 2.77. The van der Waals surface area contributed by atoms with Gasteiger partial charge in [0.2, 0.25) is 11.8 Å². The normalized spacial score (nSPS) is 14.6. The summed E-state index contributed by atoms with van der Waals surface area (Å²) in [7, 11) is 1.58. The van der Waals surface area contributed by atoms with Crippen LogP contribution in [0.2, 0.25) is 0 Å². The lowest BCUT2D eigenvalue weighted by Gasteiger charge is -2.34. The second-order valence-corrected chi connectivity index (χ2v) is 5.54. The maximum atomic E-state index is 12.7. The first-order valence-corrected chi connectivity index (χ1v) is 8.08. The maximum absolute atomic E-state index is 12.7. The molecule has 0 bridgehead atoms. The maximum Gasteiger partial charge on any atom is 0.272 e. The van der Waals surface area contributed by atoms with Crippen LogP contribution in [0, 0.1) is 0 Å². The number of aryl methyl sites for hydroxylation is 1. The number of anilines is 1. The largest absolute Gasteiger partial charge is 0.481 e. The minimum absolute atomic E-state index is 0.00124. The second-order valence-electron chi connectivity index (χ2n) is 5.54. The van der Waals surface area contributed by atoms with Gasteiger partial charge in [-0.25, -0.2) is 4.98 Å². The Labute approximate surface area is 141 Å². The molecule has 0 unspecified atom stereocenters. The van der Waals surface area contributed by atoms with E-state index in [0.29, 0.717) is 43.7 Å². The zero-order valence-corrected chi connectivity index (χ0v) is 14.0. The summed E-state index contributed by atoms with van der Waals surface area (Å²) in [5.41, 5.74) is 1.55. The summed E-state index contributed by atoms with van der Waals surface area (Å²) in [6.07, 6.45) is 4.15. The average molecular weight is 327 g/mol. The molecule has 24 heavy (non-hydrogen) atoms. The van der Waals surface area contributed by atoms with Gasteiger partial charge in [-0.1, -0.05) is 13.0 Å². The number of amides is 1. The van der Waals surface area contributed by atoms with E-state index in [1.807, 2.05) is 24.0 Å². The molecule has 0 saturated carbocycles. The molecule has 1 fully saturated rings. The van der Waals surface area contributed by atoms with Crippen LogP contribution in [0.1, 0.15) is 23.0 Å². The molecule has 7 heteroatoms. The molecule has 0 N–H and O–H groups in total. The van der Waals surface area contributed by atoms with Gasteiger partial charge in [0.1, 0.15) is 5.69 Å². The van der Waals surface area contributed by atoms with Gasteiger partial charge in [0.15, 0.2) is 0 Å². The molecule has 1 aliphatic heterocycles. The summed E-state index contributed by atoms with van der Waals surface area (Å²) >= 11 is 0. The van der Waals surface area contributed by atoms with E-state index < -0.39 is 0 Å². The molecule has 3 rings (SSSR count). The smallest absolute Gasteiger partial charge is 0.272 e. The Morgan fingerprint density at radius 2 is 1.96 bits per heavy atom. The number of aromatic nitrogens is 3. The van der Waals surface area contributed by atoms with Gasteiger partial charge in [-0.15, -0.1) is 0 Å². The lowest BCUT2D eigenvalue weighted by Crippen LogP contribution is -2.49. The van der Waals surface area contributed by atoms with Crippen LogP contribution in [0.25, 0.3) is 0 Å². The summed E-state index contributed by atoms with van der Waals surface area (Å²) in [5.74, 6) is 1.17. The highest BCUT2D eigenvalue weighted by molar-refractivity contribution is 5.93. The van der Waals surface area contributed by atoms with Crippen LogP contribution in [0.4, 0.5) is 5.95 Å². The van der Waals surface area contributed by atoms with Gasteiger partial charge in [-0.2, -0.15) is 4.98 Å². The van der Waals surface area contributed by atoms with Crippen LogP contribution < -0.4 is 9.64 Å². The monoisotopic (exact) mass is 327 g/mol. The highest BCUT2D eigenvalue weighted by atomic mass is 16.5. The Hall–Kier alpha value is -2.70. The Balaban J connectivity index is 1.67. The number of pyridine rings is 1. The molecule has 0 aliphatic carbocycles. The third-order valence-electron chi connectivity index (χ3n) is 4.15. The molecule has 1 saturated heterocycles. The third-order valence-corrected chi connectivity index (χ3v) is 4.15. The fraction of sp³-hybridized carbons (Fsp3) is 0.412. The van der Waals surface area contributed by atoms with Crippen LogP contribution in [-0.2, 0) is 6.42 Å². The summed E-state index contributed by atoms with van der Waals surface area (Å²) in [4.78, 5) is 29.5. The minimum Gasteiger partial charge on any atom is -0.481 e. The van der Waals surface area contributed by atoms with Crippen LogP contribution in [-0.4, -0.2) is 59.0 Å². The van der Waals surface area contributed by atoms with Crippen molar-refractivity contribution in [1.29, 1.82) is 0 Å². The predicted octanol–water partition coefficient (Wildman–Crippen LogP) is 1.40. The van der Waals surface area contributed by atoms with E-state index in [0.717, 1.165) is 12.0 Å². The molecule has 0 atom stereocenters. The van der Waals surface area contributed by atoms with E-state index in [2.05, 4.69) is 19.9 Å². The molecule has 3 heterocycles. The number of carbonyl (C=O) groups is 1. The van der Waals surface area contributed by atoms with Crippen molar-refractivity contribution < 1.29 is 9.53 Å². The van der Waals surface area contributed by atoms with Gasteiger partial charge in [0.25, 0.3) is 5.91 Å². The highest BCUT2D eigenvalue weighted by Crippen LogP contribution is 2.16. The molecule has 1 aliphatic rings. The zero-order valence-electron chi connectivity index (χ0n) is 14.0. The molecule has 1 amide bonds. The Bertz CT molecular complexity index is 714. The number of hydrogen-bond donors (Lipinski definition) is 0. The fourth-order valence-electron chi connectivity index (χ4n) is 2.77. The van der Waals surface area contributed by atoms with Crippen molar-refractivity contribution in [3.05, 3.63) is 41.9 Å². The molecular formula is C17H21N5O2. The van der Waals surface area contributed by atoms with Crippen molar-refractivity contribution in [3.8, 4) is 5.88 Å². The Morgan fingerprint density at radius 1 is 1.17 bits per heavy atom. The van der Waals surface area contributed by atoms with Crippen LogP contribution in [0.15, 0.2) is 30.6 Å². The molecular weight excluding hydrogens is 306 g/mol. The van der Waals surface area contributed by atoms with Gasteiger partial charge >= 0.3 is 0 Å². The molecule has 126 valence electrons. The topological polar surface area (TPSA) is 71.5 Å². The van der Waals surface area contributed by atoms with Gasteiger partial charge in [-0.05, 0) is 18.1 Å². The number of piperazine rings is 1. The molecule has 0 radical (unpaired) electrons. The summed E-state index contributed by atoms with van der Waals surface area (Å²) < 4.78 is 5.14. The SMILES string of the molecule is CCc1cccnc1C(=O)N1CCN(c2nccc(OC)n2)CC1. The molecule has 2 aromatic heterocycles. The number of methoxy groups -OCH3 is 1. The van der Waals surface area contributed by atoms with Crippen molar-refractivity contribution in [2.45, 2.75) is 13.3 Å². The lowest BCUT2D eigenvalue weighted by molar-refractivity contribution is 0.0739. The number of rotatable bonds is 4. The van der Waals surface area contributed by atoms with Gasteiger partial charge in [-0.3, -0.25) is 9.78 Å². The van der Waals surface area contributed by atoms with Crippen molar-refractivity contribution in [1.82, 2.24) is 19.9 Å². The average Bonchev–Trinajstić information content (AvgIpc) is 2.67. The van der Waals surface area contributed by atoms with Crippen molar-refractivity contribution in [3.63, 3.8) is 0 Å². The van der Waals surface area contributed by atoms with Gasteiger partial charge < -0.3 is 14.5 Å². The molecule has 0 aromatic carbocycles. The first-order valence-electron chi connectivity index (χ1n) is 8.08. The van der Waals surface area contributed by atoms with Gasteiger partial charge in [0.05, 0.1) is 7.11 Å². The van der Waals surface area contributed by atoms with E-state index in [1.165, 1.54) is 0 Å². The summed E-state index contributed by atoms with van der Waals surface area (Å²) in [6, 6.07) is 5.55. The number of nitrogens with zero attached hydrogens (tertiary/aromatic N) is 5. The van der Waals surface area contributed by atoms with Crippen LogP contribution in [0.3, 0.4) is 0 Å². The van der Waals surface area contributed by atoms with Crippen molar-refractivity contribution >= 4 is 11.9 Å². The summed E-state index contributed by atoms with van der Waals surface area (Å²) in [5, 5.41) is 0. The molecule has 0 spiro atoms. The first-order chi connectivity index (χ1) is 11.7. The molecule has 7 nitrogen and oxygen atoms in total. The number of hydrogen-bond acceptors (Lipinski definition) is 6. The summed E-state index contributed by atoms with van der Waals surface area (Å²) in [6.45, 7) is 4.66. The van der Waals surface area contributed by atoms with Gasteiger partial charge in [0, 0.05) is 44.6 Å². The van der Waals surface area contributed by atoms with E-state index in [1.54, 1.807) is 25.6 Å². The van der Waals surface area contributed by atoms with Crippen LogP contribution in [0.5, 0.6) is 5.88 Å².